The van der Waals surface area contributed by atoms with Gasteiger partial charge in [0, 0.05) is 46.4 Å². The Bertz CT molecular complexity index is 2290. The average Bonchev–Trinajstić information content (AvgIpc) is 3.19. The van der Waals surface area contributed by atoms with E-state index in [1.54, 1.807) is 12.4 Å². The van der Waals surface area contributed by atoms with Gasteiger partial charge >= 0.3 is 0 Å². The summed E-state index contributed by atoms with van der Waals surface area (Å²) in [6, 6.07) is 53.8. The van der Waals surface area contributed by atoms with E-state index in [0.717, 1.165) is 55.8 Å². The van der Waals surface area contributed by atoms with Crippen LogP contribution in [0.4, 0.5) is 0 Å². The van der Waals surface area contributed by atoms with Gasteiger partial charge in [0.15, 0.2) is 17.5 Å². The average molecular weight is 616 g/mol. The Kier molecular flexibility index (Phi) is 7.83. The van der Waals surface area contributed by atoms with E-state index in [1.165, 1.54) is 5.56 Å². The molecule has 0 amide bonds. The molecule has 0 aliphatic rings. The lowest BCUT2D eigenvalue weighted by Crippen LogP contribution is -2.00. The van der Waals surface area contributed by atoms with Crippen molar-refractivity contribution in [2.24, 2.45) is 0 Å². The second-order valence-corrected chi connectivity index (χ2v) is 11.4. The van der Waals surface area contributed by atoms with Crippen molar-refractivity contribution in [3.05, 3.63) is 176 Å². The molecule has 0 aliphatic heterocycles. The molecule has 5 heteroatoms. The van der Waals surface area contributed by atoms with Crippen LogP contribution in [0.3, 0.4) is 0 Å². The number of aromatic nitrogens is 5. The second kappa shape index (κ2) is 13.0. The molecule has 8 aromatic rings. The molecule has 0 atom stereocenters. The fraction of sp³-hybridized carbons (Fsp3) is 0. The van der Waals surface area contributed by atoms with Crippen molar-refractivity contribution in [2.45, 2.75) is 0 Å². The maximum atomic E-state index is 4.95. The summed E-state index contributed by atoms with van der Waals surface area (Å²) in [4.78, 5) is 23.6. The van der Waals surface area contributed by atoms with Crippen molar-refractivity contribution in [3.8, 4) is 78.8 Å². The first kappa shape index (κ1) is 28.9. The molecule has 0 fully saturated rings. The molecule has 226 valence electrons. The predicted octanol–water partition coefficient (Wildman–Crippen LogP) is 10.3. The molecule has 8 rings (SSSR count). The van der Waals surface area contributed by atoms with Crippen LogP contribution in [0.1, 0.15) is 0 Å². The molecular formula is C43H29N5. The zero-order chi connectivity index (χ0) is 32.1. The van der Waals surface area contributed by atoms with E-state index in [2.05, 4.69) is 114 Å². The van der Waals surface area contributed by atoms with Crippen LogP contribution < -0.4 is 0 Å². The van der Waals surface area contributed by atoms with Gasteiger partial charge < -0.3 is 0 Å². The van der Waals surface area contributed by atoms with Crippen LogP contribution in [0.25, 0.3) is 78.8 Å². The molecule has 3 aromatic heterocycles. The number of benzene rings is 5. The summed E-state index contributed by atoms with van der Waals surface area (Å²) in [7, 11) is 0. The van der Waals surface area contributed by atoms with Gasteiger partial charge in [-0.25, -0.2) is 15.0 Å². The molecule has 0 spiro atoms. The minimum atomic E-state index is 0.629. The van der Waals surface area contributed by atoms with Crippen LogP contribution in [0.2, 0.25) is 0 Å². The molecular weight excluding hydrogens is 587 g/mol. The summed E-state index contributed by atoms with van der Waals surface area (Å²) in [6.07, 6.45) is 5.51. The van der Waals surface area contributed by atoms with Gasteiger partial charge in [0.2, 0.25) is 0 Å². The third kappa shape index (κ3) is 6.13. The number of hydrogen-bond donors (Lipinski definition) is 0. The molecule has 0 N–H and O–H groups in total. The van der Waals surface area contributed by atoms with Gasteiger partial charge in [-0.2, -0.15) is 0 Å². The lowest BCUT2D eigenvalue weighted by Gasteiger charge is -2.10. The largest absolute Gasteiger partial charge is 0.265 e. The fourth-order valence-electron chi connectivity index (χ4n) is 5.74. The molecule has 48 heavy (non-hydrogen) atoms. The van der Waals surface area contributed by atoms with Gasteiger partial charge in [-0.05, 0) is 52.1 Å². The van der Waals surface area contributed by atoms with Crippen molar-refractivity contribution in [2.75, 3.05) is 0 Å². The molecule has 5 nitrogen and oxygen atoms in total. The van der Waals surface area contributed by atoms with Crippen molar-refractivity contribution >= 4 is 0 Å². The topological polar surface area (TPSA) is 64.5 Å². The highest BCUT2D eigenvalue weighted by atomic mass is 15.0. The summed E-state index contributed by atoms with van der Waals surface area (Å²) in [6.45, 7) is 0. The molecule has 0 bridgehead atoms. The van der Waals surface area contributed by atoms with E-state index in [4.69, 9.17) is 19.9 Å². The lowest BCUT2D eigenvalue weighted by molar-refractivity contribution is 1.07. The lowest BCUT2D eigenvalue weighted by atomic mass is 9.99. The highest BCUT2D eigenvalue weighted by Gasteiger charge is 2.13. The first-order valence-electron chi connectivity index (χ1n) is 15.8. The van der Waals surface area contributed by atoms with Crippen LogP contribution in [0, 0.1) is 0 Å². The van der Waals surface area contributed by atoms with Crippen LogP contribution >= 0.6 is 0 Å². The number of rotatable bonds is 7. The quantitative estimate of drug-likeness (QED) is 0.178. The summed E-state index contributed by atoms with van der Waals surface area (Å²) in [5.41, 5.74) is 11.5. The van der Waals surface area contributed by atoms with Crippen molar-refractivity contribution in [3.63, 3.8) is 0 Å². The summed E-state index contributed by atoms with van der Waals surface area (Å²) >= 11 is 0. The van der Waals surface area contributed by atoms with E-state index in [0.29, 0.717) is 17.5 Å². The van der Waals surface area contributed by atoms with Crippen LogP contribution in [-0.4, -0.2) is 24.9 Å². The minimum absolute atomic E-state index is 0.629. The monoisotopic (exact) mass is 615 g/mol. The van der Waals surface area contributed by atoms with Crippen molar-refractivity contribution < 1.29 is 0 Å². The highest BCUT2D eigenvalue weighted by molar-refractivity contribution is 5.75. The Morgan fingerprint density at radius 3 is 1.27 bits per heavy atom. The maximum Gasteiger partial charge on any atom is 0.164 e. The molecule has 0 unspecified atom stereocenters. The molecule has 0 radical (unpaired) electrons. The summed E-state index contributed by atoms with van der Waals surface area (Å²) < 4.78 is 0. The zero-order valence-corrected chi connectivity index (χ0v) is 26.0. The van der Waals surface area contributed by atoms with Crippen molar-refractivity contribution in [1.29, 1.82) is 0 Å². The SMILES string of the molecule is c1ccc(-c2ccc(-c3nc(-c4ccccc4)nc(-c4ccc(-c5cccc(-c6ccc(-c7ccncc7)cn6)c5)cc4)n3)cc2)cc1. The second-order valence-electron chi connectivity index (χ2n) is 11.4. The fourth-order valence-corrected chi connectivity index (χ4v) is 5.74. The van der Waals surface area contributed by atoms with Gasteiger partial charge in [-0.1, -0.05) is 133 Å². The van der Waals surface area contributed by atoms with Crippen LogP contribution in [0.15, 0.2) is 176 Å². The van der Waals surface area contributed by atoms with Gasteiger partial charge in [0.05, 0.1) is 5.69 Å². The first-order chi connectivity index (χ1) is 23.8. The van der Waals surface area contributed by atoms with E-state index in [-0.39, 0.29) is 0 Å². The number of hydrogen-bond acceptors (Lipinski definition) is 5. The van der Waals surface area contributed by atoms with E-state index in [9.17, 15) is 0 Å². The number of nitrogens with zero attached hydrogens (tertiary/aromatic N) is 5. The van der Waals surface area contributed by atoms with Gasteiger partial charge in [0.1, 0.15) is 0 Å². The van der Waals surface area contributed by atoms with E-state index in [1.807, 2.05) is 54.7 Å². The first-order valence-corrected chi connectivity index (χ1v) is 15.8. The van der Waals surface area contributed by atoms with Gasteiger partial charge in [-0.3, -0.25) is 9.97 Å². The summed E-state index contributed by atoms with van der Waals surface area (Å²) in [5, 5.41) is 0. The van der Waals surface area contributed by atoms with E-state index >= 15 is 0 Å². The Morgan fingerprint density at radius 1 is 0.292 bits per heavy atom. The highest BCUT2D eigenvalue weighted by Crippen LogP contribution is 2.30. The smallest absolute Gasteiger partial charge is 0.164 e. The molecule has 5 aromatic carbocycles. The summed E-state index contributed by atoms with van der Waals surface area (Å²) in [5.74, 6) is 1.91. The Balaban J connectivity index is 1.10. The Morgan fingerprint density at radius 2 is 0.708 bits per heavy atom. The van der Waals surface area contributed by atoms with Gasteiger partial charge in [0.25, 0.3) is 0 Å². The standard InChI is InChI=1S/C43H29N5/c1-3-8-30(9-4-1)31-14-18-35(19-15-31)42-46-41(34-10-5-2-6-11-34)47-43(48-42)36-20-16-32(17-21-36)37-12-7-13-38(28-37)40-23-22-39(29-45-40)33-24-26-44-27-25-33/h1-29H. The van der Waals surface area contributed by atoms with E-state index < -0.39 is 0 Å². The van der Waals surface area contributed by atoms with Gasteiger partial charge in [-0.15, -0.1) is 0 Å². The molecule has 3 heterocycles. The third-order valence-electron chi connectivity index (χ3n) is 8.33. The van der Waals surface area contributed by atoms with Crippen molar-refractivity contribution in [1.82, 2.24) is 24.9 Å². The Labute approximate surface area is 279 Å². The Hall–Kier alpha value is -6.59. The zero-order valence-electron chi connectivity index (χ0n) is 26.0. The number of pyridine rings is 2. The normalized spacial score (nSPS) is 10.9. The maximum absolute atomic E-state index is 4.95. The van der Waals surface area contributed by atoms with Crippen LogP contribution in [0.5, 0.6) is 0 Å². The third-order valence-corrected chi connectivity index (χ3v) is 8.33. The molecule has 0 saturated carbocycles. The van der Waals surface area contributed by atoms with Crippen LogP contribution in [-0.2, 0) is 0 Å². The minimum Gasteiger partial charge on any atom is -0.265 e. The molecule has 0 saturated heterocycles. The molecule has 0 aliphatic carbocycles. The predicted molar refractivity (Wildman–Crippen MR) is 193 cm³/mol.